The second-order valence-corrected chi connectivity index (χ2v) is 6.44. The minimum atomic E-state index is -0.260. The van der Waals surface area contributed by atoms with Gasteiger partial charge in [0, 0.05) is 29.8 Å². The molecule has 0 heterocycles. The number of benzene rings is 2. The Balaban J connectivity index is 1.91. The first-order valence-electron chi connectivity index (χ1n) is 7.37. The Morgan fingerprint density at radius 2 is 1.79 bits per heavy atom. The van der Waals surface area contributed by atoms with E-state index in [9.17, 15) is 9.59 Å². The Morgan fingerprint density at radius 1 is 1.12 bits per heavy atom. The molecule has 1 N–H and O–H groups in total. The predicted molar refractivity (Wildman–Crippen MR) is 97.5 cm³/mol. The molecule has 0 fully saturated rings. The number of carbonyl (C=O) groups excluding carboxylic acids is 2. The zero-order valence-electron chi connectivity index (χ0n) is 13.8. The van der Waals surface area contributed by atoms with Crippen LogP contribution in [-0.4, -0.2) is 37.4 Å². The Hall–Kier alpha value is -2.34. The maximum atomic E-state index is 12.0. The average molecular weight is 391 g/mol. The Kier molecular flexibility index (Phi) is 5.98. The molecule has 126 valence electrons. The fourth-order valence-electron chi connectivity index (χ4n) is 2.07. The summed E-state index contributed by atoms with van der Waals surface area (Å²) >= 11 is 3.38. The maximum Gasteiger partial charge on any atom is 0.262 e. The van der Waals surface area contributed by atoms with Crippen LogP contribution in [-0.2, 0) is 4.79 Å². The van der Waals surface area contributed by atoms with E-state index in [1.807, 2.05) is 25.1 Å². The number of amides is 2. The molecule has 0 atom stereocenters. The molecule has 2 aromatic carbocycles. The lowest BCUT2D eigenvalue weighted by Gasteiger charge is -2.12. The van der Waals surface area contributed by atoms with Gasteiger partial charge < -0.3 is 15.0 Å². The quantitative estimate of drug-likeness (QED) is 0.849. The van der Waals surface area contributed by atoms with Crippen molar-refractivity contribution in [3.63, 3.8) is 0 Å². The van der Waals surface area contributed by atoms with Gasteiger partial charge >= 0.3 is 0 Å². The molecule has 0 bridgehead atoms. The Morgan fingerprint density at radius 3 is 2.38 bits per heavy atom. The molecule has 2 rings (SSSR count). The van der Waals surface area contributed by atoms with Crippen molar-refractivity contribution in [3.05, 3.63) is 58.1 Å². The van der Waals surface area contributed by atoms with Crippen LogP contribution in [0.1, 0.15) is 15.9 Å². The topological polar surface area (TPSA) is 58.6 Å². The van der Waals surface area contributed by atoms with Crippen LogP contribution < -0.4 is 10.1 Å². The molecule has 0 spiro atoms. The smallest absolute Gasteiger partial charge is 0.262 e. The molecule has 6 heteroatoms. The monoisotopic (exact) mass is 390 g/mol. The van der Waals surface area contributed by atoms with Crippen molar-refractivity contribution in [1.82, 2.24) is 4.90 Å². The van der Waals surface area contributed by atoms with E-state index < -0.39 is 0 Å². The fourth-order valence-corrected chi connectivity index (χ4v) is 2.55. The third-order valence-electron chi connectivity index (χ3n) is 3.32. The molecule has 0 aromatic heterocycles. The van der Waals surface area contributed by atoms with Crippen molar-refractivity contribution in [2.24, 2.45) is 0 Å². The van der Waals surface area contributed by atoms with Crippen molar-refractivity contribution in [1.29, 1.82) is 0 Å². The first-order chi connectivity index (χ1) is 11.4. The summed E-state index contributed by atoms with van der Waals surface area (Å²) in [4.78, 5) is 25.3. The molecule has 24 heavy (non-hydrogen) atoms. The molecule has 0 aliphatic rings. The van der Waals surface area contributed by atoms with Crippen molar-refractivity contribution >= 4 is 33.4 Å². The van der Waals surface area contributed by atoms with Crippen molar-refractivity contribution < 1.29 is 14.3 Å². The lowest BCUT2D eigenvalue weighted by Crippen LogP contribution is -2.22. The van der Waals surface area contributed by atoms with E-state index >= 15 is 0 Å². The van der Waals surface area contributed by atoms with Gasteiger partial charge in [-0.15, -0.1) is 0 Å². The maximum absolute atomic E-state index is 12.0. The summed E-state index contributed by atoms with van der Waals surface area (Å²) in [7, 11) is 3.39. The summed E-state index contributed by atoms with van der Waals surface area (Å²) in [5.74, 6) is 0.325. The molecular weight excluding hydrogens is 372 g/mol. The van der Waals surface area contributed by atoms with Gasteiger partial charge in [0.15, 0.2) is 6.61 Å². The molecule has 0 aliphatic carbocycles. The largest absolute Gasteiger partial charge is 0.483 e. The average Bonchev–Trinajstić information content (AvgIpc) is 2.54. The molecule has 0 saturated carbocycles. The molecular formula is C18H19BrN2O3. The van der Waals surface area contributed by atoms with Gasteiger partial charge in [-0.2, -0.15) is 0 Å². The highest BCUT2D eigenvalue weighted by Crippen LogP contribution is 2.22. The van der Waals surface area contributed by atoms with Gasteiger partial charge in [-0.1, -0.05) is 15.9 Å². The van der Waals surface area contributed by atoms with Gasteiger partial charge in [0.25, 0.3) is 11.8 Å². The van der Waals surface area contributed by atoms with Crippen LogP contribution in [0.5, 0.6) is 5.75 Å². The summed E-state index contributed by atoms with van der Waals surface area (Å²) in [5.41, 5.74) is 2.13. The number of hydrogen-bond acceptors (Lipinski definition) is 3. The van der Waals surface area contributed by atoms with Gasteiger partial charge in [0.2, 0.25) is 0 Å². The highest BCUT2D eigenvalue weighted by atomic mass is 79.9. The molecule has 0 unspecified atom stereocenters. The fraction of sp³-hybridized carbons (Fsp3) is 0.222. The molecule has 0 aliphatic heterocycles. The lowest BCUT2D eigenvalue weighted by atomic mass is 10.2. The summed E-state index contributed by atoms with van der Waals surface area (Å²) in [5, 5.41) is 2.74. The van der Waals surface area contributed by atoms with Crippen LogP contribution in [0, 0.1) is 6.92 Å². The Bertz CT molecular complexity index is 742. The normalized spacial score (nSPS) is 10.2. The highest BCUT2D eigenvalue weighted by Gasteiger charge is 2.09. The van der Waals surface area contributed by atoms with E-state index in [0.29, 0.717) is 17.0 Å². The van der Waals surface area contributed by atoms with Gasteiger partial charge in [-0.25, -0.2) is 0 Å². The van der Waals surface area contributed by atoms with Gasteiger partial charge in [0.1, 0.15) is 5.75 Å². The van der Waals surface area contributed by atoms with Crippen LogP contribution in [0.4, 0.5) is 5.69 Å². The standard InChI is InChI=1S/C18H19BrN2O3/c1-12-10-14(19)6-9-16(12)24-11-17(22)20-15-7-4-13(5-8-15)18(23)21(2)3/h4-10H,11H2,1-3H3,(H,20,22). The third-order valence-corrected chi connectivity index (χ3v) is 3.81. The second kappa shape index (κ2) is 7.97. The first kappa shape index (κ1) is 18.0. The minimum Gasteiger partial charge on any atom is -0.483 e. The van der Waals surface area contributed by atoms with Gasteiger partial charge in [0.05, 0.1) is 0 Å². The number of carbonyl (C=O) groups is 2. The highest BCUT2D eigenvalue weighted by molar-refractivity contribution is 9.10. The number of ether oxygens (including phenoxy) is 1. The van der Waals surface area contributed by atoms with E-state index in [1.165, 1.54) is 4.90 Å². The number of aryl methyl sites for hydroxylation is 1. The molecule has 2 amide bonds. The third kappa shape index (κ3) is 4.83. The molecule has 2 aromatic rings. The van der Waals surface area contributed by atoms with Crippen LogP contribution in [0.15, 0.2) is 46.9 Å². The second-order valence-electron chi connectivity index (χ2n) is 5.52. The summed E-state index contributed by atoms with van der Waals surface area (Å²) in [6, 6.07) is 12.3. The van der Waals surface area contributed by atoms with Crippen molar-refractivity contribution in [2.45, 2.75) is 6.92 Å². The predicted octanol–water partition coefficient (Wildman–Crippen LogP) is 3.48. The Labute approximate surface area is 149 Å². The van der Waals surface area contributed by atoms with Crippen molar-refractivity contribution in [2.75, 3.05) is 26.0 Å². The van der Waals surface area contributed by atoms with E-state index in [4.69, 9.17) is 4.74 Å². The lowest BCUT2D eigenvalue weighted by molar-refractivity contribution is -0.118. The van der Waals surface area contributed by atoms with E-state index in [-0.39, 0.29) is 18.4 Å². The summed E-state index contributed by atoms with van der Waals surface area (Å²) in [6.45, 7) is 1.83. The van der Waals surface area contributed by atoms with Crippen LogP contribution in [0.3, 0.4) is 0 Å². The van der Waals surface area contributed by atoms with E-state index in [1.54, 1.807) is 38.4 Å². The zero-order valence-corrected chi connectivity index (χ0v) is 15.4. The molecule has 0 radical (unpaired) electrons. The van der Waals surface area contributed by atoms with Gasteiger partial charge in [-0.05, 0) is 55.0 Å². The van der Waals surface area contributed by atoms with Crippen LogP contribution >= 0.6 is 15.9 Å². The van der Waals surface area contributed by atoms with Crippen LogP contribution in [0.25, 0.3) is 0 Å². The van der Waals surface area contributed by atoms with E-state index in [0.717, 1.165) is 10.0 Å². The molecule has 5 nitrogen and oxygen atoms in total. The number of nitrogens with zero attached hydrogens (tertiary/aromatic N) is 1. The summed E-state index contributed by atoms with van der Waals surface area (Å²) in [6.07, 6.45) is 0. The van der Waals surface area contributed by atoms with Crippen molar-refractivity contribution in [3.8, 4) is 5.75 Å². The number of rotatable bonds is 5. The zero-order chi connectivity index (χ0) is 17.7. The van der Waals surface area contributed by atoms with Gasteiger partial charge in [-0.3, -0.25) is 9.59 Å². The minimum absolute atomic E-state index is 0.0816. The molecule has 0 saturated heterocycles. The number of hydrogen-bond donors (Lipinski definition) is 1. The van der Waals surface area contributed by atoms with E-state index in [2.05, 4.69) is 21.2 Å². The van der Waals surface area contributed by atoms with Crippen LogP contribution in [0.2, 0.25) is 0 Å². The number of nitrogens with one attached hydrogen (secondary N) is 1. The number of anilines is 1. The number of halogens is 1. The SMILES string of the molecule is Cc1cc(Br)ccc1OCC(=O)Nc1ccc(C(=O)N(C)C)cc1. The summed E-state index contributed by atoms with van der Waals surface area (Å²) < 4.78 is 6.49. The first-order valence-corrected chi connectivity index (χ1v) is 8.16.